The van der Waals surface area contributed by atoms with Crippen LogP contribution in [-0.4, -0.2) is 22.7 Å². The quantitative estimate of drug-likeness (QED) is 0.767. The largest absolute Gasteiger partial charge is 0.480 e. The minimum atomic E-state index is -0.845. The van der Waals surface area contributed by atoms with Crippen molar-refractivity contribution in [2.75, 3.05) is 0 Å². The van der Waals surface area contributed by atoms with Crippen LogP contribution >= 0.6 is 0 Å². The minimum Gasteiger partial charge on any atom is -0.480 e. The Kier molecular flexibility index (Phi) is 4.75. The van der Waals surface area contributed by atoms with Crippen molar-refractivity contribution in [1.82, 2.24) is 5.32 Å². The second kappa shape index (κ2) is 5.87. The summed E-state index contributed by atoms with van der Waals surface area (Å²) in [5.74, 6) is 0.136. The zero-order valence-electron chi connectivity index (χ0n) is 10.7. The molecule has 17 heavy (non-hydrogen) atoms. The lowest BCUT2D eigenvalue weighted by Crippen LogP contribution is -2.52. The lowest BCUT2D eigenvalue weighted by Gasteiger charge is -2.28. The van der Waals surface area contributed by atoms with Crippen LogP contribution in [0, 0.1) is 0 Å². The Balaban J connectivity index is 2.43. The van der Waals surface area contributed by atoms with E-state index < -0.39 is 11.5 Å². The molecule has 0 amide bonds. The molecular weight excluding hydrogens is 218 g/mol. The monoisotopic (exact) mass is 239 g/mol. The van der Waals surface area contributed by atoms with Crippen molar-refractivity contribution in [2.24, 2.45) is 0 Å². The molecule has 1 heterocycles. The van der Waals surface area contributed by atoms with E-state index in [1.807, 2.05) is 26.0 Å². The van der Waals surface area contributed by atoms with Crippen molar-refractivity contribution in [3.8, 4) is 0 Å². The zero-order chi connectivity index (χ0) is 12.9. The molecule has 2 unspecified atom stereocenters. The van der Waals surface area contributed by atoms with Gasteiger partial charge >= 0.3 is 5.97 Å². The summed E-state index contributed by atoms with van der Waals surface area (Å²) in [4.78, 5) is 11.1. The number of hydrogen-bond acceptors (Lipinski definition) is 3. The Bertz CT molecular complexity index is 348. The third kappa shape index (κ3) is 3.89. The fraction of sp³-hybridized carbons (Fsp3) is 0.615. The van der Waals surface area contributed by atoms with E-state index in [1.165, 1.54) is 0 Å². The van der Waals surface area contributed by atoms with Gasteiger partial charge in [-0.05, 0) is 38.8 Å². The minimum absolute atomic E-state index is 0.140. The highest BCUT2D eigenvalue weighted by Crippen LogP contribution is 2.13. The van der Waals surface area contributed by atoms with Crippen molar-refractivity contribution >= 4 is 5.97 Å². The van der Waals surface area contributed by atoms with Crippen molar-refractivity contribution in [3.63, 3.8) is 0 Å². The number of nitrogens with one attached hydrogen (secondary N) is 1. The fourth-order valence-corrected chi connectivity index (χ4v) is 1.74. The number of aryl methyl sites for hydroxylation is 1. The molecule has 2 atom stereocenters. The van der Waals surface area contributed by atoms with Gasteiger partial charge in [-0.15, -0.1) is 0 Å². The second-order valence-electron chi connectivity index (χ2n) is 4.65. The molecular formula is C13H21NO3. The summed E-state index contributed by atoms with van der Waals surface area (Å²) in [7, 11) is 0. The summed E-state index contributed by atoms with van der Waals surface area (Å²) >= 11 is 0. The van der Waals surface area contributed by atoms with Crippen LogP contribution in [0.25, 0.3) is 0 Å². The third-order valence-electron chi connectivity index (χ3n) is 3.15. The predicted octanol–water partition coefficient (Wildman–Crippen LogP) is 2.44. The van der Waals surface area contributed by atoms with Gasteiger partial charge in [-0.1, -0.05) is 6.92 Å². The molecule has 0 aliphatic rings. The first-order chi connectivity index (χ1) is 7.98. The average Bonchev–Trinajstić information content (AvgIpc) is 2.78. The molecule has 96 valence electrons. The lowest BCUT2D eigenvalue weighted by molar-refractivity contribution is -0.144. The van der Waals surface area contributed by atoms with Gasteiger partial charge in [0.05, 0.1) is 6.26 Å². The molecule has 0 saturated heterocycles. The molecule has 2 N–H and O–H groups in total. The lowest BCUT2D eigenvalue weighted by atomic mass is 9.97. The van der Waals surface area contributed by atoms with Gasteiger partial charge in [0, 0.05) is 12.5 Å². The van der Waals surface area contributed by atoms with Gasteiger partial charge in [-0.3, -0.25) is 10.1 Å². The van der Waals surface area contributed by atoms with Gasteiger partial charge in [-0.2, -0.15) is 0 Å². The molecule has 4 heteroatoms. The second-order valence-corrected chi connectivity index (χ2v) is 4.65. The average molecular weight is 239 g/mol. The first-order valence-corrected chi connectivity index (χ1v) is 6.01. The van der Waals surface area contributed by atoms with Crippen LogP contribution in [0.1, 0.15) is 39.4 Å². The van der Waals surface area contributed by atoms with E-state index in [-0.39, 0.29) is 6.04 Å². The highest BCUT2D eigenvalue weighted by Gasteiger charge is 2.31. The number of rotatable bonds is 7. The molecule has 0 spiro atoms. The maximum Gasteiger partial charge on any atom is 0.323 e. The number of carbonyl (C=O) groups is 1. The van der Waals surface area contributed by atoms with Gasteiger partial charge in [0.2, 0.25) is 0 Å². The molecule has 4 nitrogen and oxygen atoms in total. The summed E-state index contributed by atoms with van der Waals surface area (Å²) in [6.45, 7) is 5.60. The molecule has 1 aromatic heterocycles. The number of furan rings is 1. The van der Waals surface area contributed by atoms with Crippen molar-refractivity contribution in [2.45, 2.75) is 51.6 Å². The Morgan fingerprint density at radius 1 is 1.65 bits per heavy atom. The topological polar surface area (TPSA) is 62.5 Å². The van der Waals surface area contributed by atoms with Gasteiger partial charge in [0.15, 0.2) is 0 Å². The van der Waals surface area contributed by atoms with Crippen molar-refractivity contribution in [3.05, 3.63) is 24.2 Å². The van der Waals surface area contributed by atoms with E-state index >= 15 is 0 Å². The maximum atomic E-state index is 11.1. The number of hydrogen-bond donors (Lipinski definition) is 2. The predicted molar refractivity (Wildman–Crippen MR) is 66.0 cm³/mol. The van der Waals surface area contributed by atoms with Crippen LogP contribution in [0.5, 0.6) is 0 Å². The first kappa shape index (κ1) is 13.8. The van der Waals surface area contributed by atoms with Crippen molar-refractivity contribution < 1.29 is 14.3 Å². The molecule has 0 aliphatic carbocycles. The molecule has 1 aromatic rings. The van der Waals surface area contributed by atoms with E-state index in [2.05, 4.69) is 5.32 Å². The summed E-state index contributed by atoms with van der Waals surface area (Å²) in [5, 5.41) is 12.3. The van der Waals surface area contributed by atoms with Crippen LogP contribution in [0.2, 0.25) is 0 Å². The fourth-order valence-electron chi connectivity index (χ4n) is 1.74. The van der Waals surface area contributed by atoms with Crippen LogP contribution in [0.3, 0.4) is 0 Å². The third-order valence-corrected chi connectivity index (χ3v) is 3.15. The molecule has 0 aromatic carbocycles. The maximum absolute atomic E-state index is 11.1. The van der Waals surface area contributed by atoms with Crippen LogP contribution in [0.15, 0.2) is 22.8 Å². The summed E-state index contributed by atoms with van der Waals surface area (Å²) in [6.07, 6.45) is 3.89. The number of carboxylic acid groups (broad SMARTS) is 1. The van der Waals surface area contributed by atoms with Gasteiger partial charge in [-0.25, -0.2) is 0 Å². The summed E-state index contributed by atoms with van der Waals surface area (Å²) in [5.41, 5.74) is -0.845. The highest BCUT2D eigenvalue weighted by molar-refractivity contribution is 5.78. The van der Waals surface area contributed by atoms with Crippen LogP contribution < -0.4 is 5.32 Å². The first-order valence-electron chi connectivity index (χ1n) is 6.01. The number of aliphatic carboxylic acids is 1. The van der Waals surface area contributed by atoms with E-state index in [4.69, 9.17) is 9.52 Å². The van der Waals surface area contributed by atoms with E-state index in [1.54, 1.807) is 13.2 Å². The van der Waals surface area contributed by atoms with Gasteiger partial charge in [0.25, 0.3) is 0 Å². The van der Waals surface area contributed by atoms with E-state index in [0.717, 1.165) is 18.6 Å². The van der Waals surface area contributed by atoms with Crippen molar-refractivity contribution in [1.29, 1.82) is 0 Å². The normalized spacial score (nSPS) is 16.4. The Morgan fingerprint density at radius 2 is 2.35 bits per heavy atom. The zero-order valence-corrected chi connectivity index (χ0v) is 10.7. The molecule has 1 rings (SSSR count). The standard InChI is InChI=1S/C13H21NO3/c1-4-13(3,12(15)16)14-10(2)7-8-11-6-5-9-17-11/h5-6,9-10,14H,4,7-8H2,1-3H3,(H,15,16). The molecule has 0 fully saturated rings. The van der Waals surface area contributed by atoms with Crippen LogP contribution in [0.4, 0.5) is 0 Å². The Labute approximate surface area is 102 Å². The van der Waals surface area contributed by atoms with E-state index in [0.29, 0.717) is 6.42 Å². The summed E-state index contributed by atoms with van der Waals surface area (Å²) < 4.78 is 5.24. The SMILES string of the molecule is CCC(C)(NC(C)CCc1ccco1)C(=O)O. The van der Waals surface area contributed by atoms with Gasteiger partial charge < -0.3 is 9.52 Å². The molecule has 0 radical (unpaired) electrons. The van der Waals surface area contributed by atoms with Crippen LogP contribution in [-0.2, 0) is 11.2 Å². The molecule has 0 saturated carbocycles. The molecule has 0 aliphatic heterocycles. The van der Waals surface area contributed by atoms with E-state index in [9.17, 15) is 4.79 Å². The Morgan fingerprint density at radius 3 is 2.82 bits per heavy atom. The highest BCUT2D eigenvalue weighted by atomic mass is 16.4. The smallest absolute Gasteiger partial charge is 0.323 e. The summed E-state index contributed by atoms with van der Waals surface area (Å²) in [6, 6.07) is 3.94. The number of carboxylic acids is 1. The Hall–Kier alpha value is -1.29. The molecule has 0 bridgehead atoms. The van der Waals surface area contributed by atoms with Gasteiger partial charge in [0.1, 0.15) is 11.3 Å².